The van der Waals surface area contributed by atoms with Crippen molar-refractivity contribution in [1.82, 2.24) is 0 Å². The summed E-state index contributed by atoms with van der Waals surface area (Å²) in [5.74, 6) is -0.345. The first-order chi connectivity index (χ1) is 30.7. The van der Waals surface area contributed by atoms with E-state index in [4.69, 9.17) is 37.9 Å². The Morgan fingerprint density at radius 3 is 1.26 bits per heavy atom. The average molecular weight is 837 g/mol. The van der Waals surface area contributed by atoms with Gasteiger partial charge in [-0.05, 0) is 39.8 Å². The van der Waals surface area contributed by atoms with Gasteiger partial charge in [0.25, 0.3) is 0 Å². The fourth-order valence-corrected chi connectivity index (χ4v) is 7.21. The molecule has 0 radical (unpaired) electrons. The minimum absolute atomic E-state index is 0.0940. The highest BCUT2D eigenvalue weighted by Gasteiger charge is 2.50. The van der Waals surface area contributed by atoms with Gasteiger partial charge in [0, 0.05) is 6.42 Å². The molecule has 1 heterocycles. The molecule has 1 saturated heterocycles. The van der Waals surface area contributed by atoms with Crippen molar-refractivity contribution in [2.24, 2.45) is 0 Å². The zero-order valence-electron chi connectivity index (χ0n) is 35.0. The summed E-state index contributed by atoms with van der Waals surface area (Å²) in [5, 5.41) is 0. The van der Waals surface area contributed by atoms with Crippen molar-refractivity contribution in [1.29, 1.82) is 0 Å². The highest BCUT2D eigenvalue weighted by molar-refractivity contribution is 5.69. The van der Waals surface area contributed by atoms with Crippen molar-refractivity contribution < 1.29 is 42.7 Å². The van der Waals surface area contributed by atoms with Crippen LogP contribution < -0.4 is 0 Å². The van der Waals surface area contributed by atoms with E-state index >= 15 is 0 Å². The van der Waals surface area contributed by atoms with Crippen molar-refractivity contribution in [2.45, 2.75) is 82.7 Å². The molecule has 7 rings (SSSR count). The molecular weight excluding hydrogens is 781 g/mol. The Hall–Kier alpha value is -5.49. The van der Waals surface area contributed by atoms with Crippen LogP contribution in [-0.2, 0) is 82.1 Å². The topological polar surface area (TPSA) is 90.9 Å². The zero-order valence-corrected chi connectivity index (χ0v) is 35.0. The first-order valence-corrected chi connectivity index (χ1v) is 21.4. The summed E-state index contributed by atoms with van der Waals surface area (Å²) in [6.45, 7) is 1.88. The number of rotatable bonds is 24. The highest BCUT2D eigenvalue weighted by atomic mass is 16.7. The normalized spacial score (nSPS) is 18.7. The molecule has 62 heavy (non-hydrogen) atoms. The standard InChI is InChI=1S/C53H56O9/c54-49(32-31-41-19-7-1-8-20-41)57-40-48-50(58-35-44-25-13-4-14-26-44)51(59-36-45-27-15-5-16-28-45)52(60-37-46-29-17-6-18-30-46)53(62-48)61-47(38-55-33-42-21-9-2-10-22-42)39-56-34-43-23-11-3-12-24-43/h1-30,47-48,50-53H,31-40H2/t48-,50+,51+,52-,53-/m1/s1. The molecular formula is C53H56O9. The fraction of sp³-hybridized carbons (Fsp3) is 0.302. The molecule has 0 unspecified atom stereocenters. The molecule has 1 aliphatic rings. The van der Waals surface area contributed by atoms with Gasteiger partial charge in [-0.1, -0.05) is 182 Å². The van der Waals surface area contributed by atoms with Gasteiger partial charge in [0.15, 0.2) is 6.29 Å². The van der Waals surface area contributed by atoms with Crippen LogP contribution in [0, 0.1) is 0 Å². The predicted octanol–water partition coefficient (Wildman–Crippen LogP) is 9.46. The molecule has 322 valence electrons. The molecule has 0 amide bonds. The molecule has 0 aliphatic carbocycles. The lowest BCUT2D eigenvalue weighted by atomic mass is 9.97. The molecule has 5 atom stereocenters. The summed E-state index contributed by atoms with van der Waals surface area (Å²) in [6.07, 6.45) is -3.88. The van der Waals surface area contributed by atoms with Crippen LogP contribution in [0.1, 0.15) is 39.8 Å². The van der Waals surface area contributed by atoms with E-state index in [1.54, 1.807) is 0 Å². The fourth-order valence-electron chi connectivity index (χ4n) is 7.21. The maximum absolute atomic E-state index is 13.4. The van der Waals surface area contributed by atoms with Crippen LogP contribution in [0.15, 0.2) is 182 Å². The number of hydrogen-bond acceptors (Lipinski definition) is 9. The van der Waals surface area contributed by atoms with E-state index in [9.17, 15) is 4.79 Å². The van der Waals surface area contributed by atoms with Crippen LogP contribution >= 0.6 is 0 Å². The number of aryl methyl sites for hydroxylation is 1. The van der Waals surface area contributed by atoms with Crippen LogP contribution in [0.4, 0.5) is 0 Å². The summed E-state index contributed by atoms with van der Waals surface area (Å²) in [6, 6.07) is 59.7. The van der Waals surface area contributed by atoms with Gasteiger partial charge in [-0.3, -0.25) is 4.79 Å². The molecule has 1 aliphatic heterocycles. The predicted molar refractivity (Wildman–Crippen MR) is 237 cm³/mol. The number of ether oxygens (including phenoxy) is 8. The molecule has 0 aromatic heterocycles. The Labute approximate surface area is 365 Å². The summed E-state index contributed by atoms with van der Waals surface area (Å²) in [7, 11) is 0. The summed E-state index contributed by atoms with van der Waals surface area (Å²) in [4.78, 5) is 13.4. The highest BCUT2D eigenvalue weighted by Crippen LogP contribution is 2.32. The van der Waals surface area contributed by atoms with Crippen molar-refractivity contribution in [3.63, 3.8) is 0 Å². The van der Waals surface area contributed by atoms with Crippen molar-refractivity contribution >= 4 is 5.97 Å². The first-order valence-electron chi connectivity index (χ1n) is 21.4. The average Bonchev–Trinajstić information content (AvgIpc) is 3.33. The molecule has 0 N–H and O–H groups in total. The number of benzene rings is 6. The maximum atomic E-state index is 13.4. The van der Waals surface area contributed by atoms with Gasteiger partial charge in [0.2, 0.25) is 0 Å². The minimum Gasteiger partial charge on any atom is -0.463 e. The minimum atomic E-state index is -1.00. The van der Waals surface area contributed by atoms with Gasteiger partial charge in [-0.25, -0.2) is 0 Å². The molecule has 1 fully saturated rings. The van der Waals surface area contributed by atoms with Gasteiger partial charge in [-0.15, -0.1) is 0 Å². The van der Waals surface area contributed by atoms with E-state index < -0.39 is 36.8 Å². The zero-order chi connectivity index (χ0) is 42.4. The van der Waals surface area contributed by atoms with Gasteiger partial charge in [0.1, 0.15) is 37.1 Å². The molecule has 6 aromatic carbocycles. The smallest absolute Gasteiger partial charge is 0.306 e. The Morgan fingerprint density at radius 2 is 0.823 bits per heavy atom. The second-order valence-corrected chi connectivity index (χ2v) is 15.3. The van der Waals surface area contributed by atoms with E-state index in [0.717, 1.165) is 33.4 Å². The Morgan fingerprint density at radius 1 is 0.452 bits per heavy atom. The Balaban J connectivity index is 1.18. The van der Waals surface area contributed by atoms with Gasteiger partial charge < -0.3 is 37.9 Å². The SMILES string of the molecule is O=C(CCc1ccccc1)OC[C@H]1O[C@@H](OC(COCc2ccccc2)COCc2ccccc2)[C@H](OCc2ccccc2)[C@@H](OCc2ccccc2)[C@H]1OCc1ccccc1. The number of esters is 1. The van der Waals surface area contributed by atoms with E-state index in [1.165, 1.54) is 0 Å². The molecule has 0 spiro atoms. The second kappa shape index (κ2) is 24.8. The van der Waals surface area contributed by atoms with E-state index in [1.807, 2.05) is 182 Å². The molecule has 9 nitrogen and oxygen atoms in total. The number of carbonyl (C=O) groups excluding carboxylic acids is 1. The summed E-state index contributed by atoms with van der Waals surface area (Å²) in [5.41, 5.74) is 6.05. The molecule has 9 heteroatoms. The Bertz CT molecular complexity index is 2060. The third-order valence-corrected chi connectivity index (χ3v) is 10.5. The second-order valence-electron chi connectivity index (χ2n) is 15.3. The maximum Gasteiger partial charge on any atom is 0.306 e. The van der Waals surface area contributed by atoms with E-state index in [0.29, 0.717) is 19.6 Å². The van der Waals surface area contributed by atoms with Crippen LogP contribution in [0.5, 0.6) is 0 Å². The van der Waals surface area contributed by atoms with Crippen LogP contribution in [0.2, 0.25) is 0 Å². The van der Waals surface area contributed by atoms with Gasteiger partial charge in [0.05, 0.1) is 46.2 Å². The summed E-state index contributed by atoms with van der Waals surface area (Å²) >= 11 is 0. The van der Waals surface area contributed by atoms with Gasteiger partial charge in [-0.2, -0.15) is 0 Å². The van der Waals surface area contributed by atoms with Crippen LogP contribution in [0.25, 0.3) is 0 Å². The largest absolute Gasteiger partial charge is 0.463 e. The molecule has 0 saturated carbocycles. The van der Waals surface area contributed by atoms with Crippen LogP contribution in [0.3, 0.4) is 0 Å². The lowest BCUT2D eigenvalue weighted by Gasteiger charge is -2.46. The monoisotopic (exact) mass is 836 g/mol. The van der Waals surface area contributed by atoms with Crippen molar-refractivity contribution in [3.8, 4) is 0 Å². The van der Waals surface area contributed by atoms with Crippen LogP contribution in [-0.4, -0.2) is 62.6 Å². The first kappa shape index (κ1) is 44.6. The van der Waals surface area contributed by atoms with E-state index in [-0.39, 0.29) is 52.0 Å². The number of carbonyl (C=O) groups is 1. The molecule has 6 aromatic rings. The quantitative estimate of drug-likeness (QED) is 0.0554. The molecule has 0 bridgehead atoms. The van der Waals surface area contributed by atoms with E-state index in [2.05, 4.69) is 0 Å². The third-order valence-electron chi connectivity index (χ3n) is 10.5. The van der Waals surface area contributed by atoms with Crippen molar-refractivity contribution in [2.75, 3.05) is 19.8 Å². The lowest BCUT2D eigenvalue weighted by molar-refractivity contribution is -0.339. The van der Waals surface area contributed by atoms with Crippen molar-refractivity contribution in [3.05, 3.63) is 215 Å². The third kappa shape index (κ3) is 14.6. The summed E-state index contributed by atoms with van der Waals surface area (Å²) < 4.78 is 52.9. The lowest BCUT2D eigenvalue weighted by Crippen LogP contribution is -2.62. The number of hydrogen-bond donors (Lipinski definition) is 0. The van der Waals surface area contributed by atoms with Gasteiger partial charge >= 0.3 is 5.97 Å². The Kier molecular flexibility index (Phi) is 17.8.